The van der Waals surface area contributed by atoms with E-state index >= 15 is 0 Å². The predicted molar refractivity (Wildman–Crippen MR) is 60.1 cm³/mol. The van der Waals surface area contributed by atoms with Gasteiger partial charge in [-0.15, -0.1) is 0 Å². The monoisotopic (exact) mass is 198 g/mol. The molecule has 0 aromatic carbocycles. The summed E-state index contributed by atoms with van der Waals surface area (Å²) in [5, 5.41) is 0. The lowest BCUT2D eigenvalue weighted by atomic mass is 9.94. The van der Waals surface area contributed by atoms with Gasteiger partial charge in [-0.2, -0.15) is 0 Å². The third-order valence-electron chi connectivity index (χ3n) is 3.01. The number of piperidine rings is 1. The number of methoxy groups -OCH3 is 1. The summed E-state index contributed by atoms with van der Waals surface area (Å²) < 4.78 is 5.07. The Morgan fingerprint density at radius 3 is 2.71 bits per heavy atom. The molecule has 0 radical (unpaired) electrons. The van der Waals surface area contributed by atoms with Crippen LogP contribution in [0.3, 0.4) is 0 Å². The highest BCUT2D eigenvalue weighted by atomic mass is 16.5. The number of rotatable bonds is 6. The molecule has 82 valence electrons. The van der Waals surface area contributed by atoms with Crippen LogP contribution in [0.1, 0.15) is 19.3 Å². The van der Waals surface area contributed by atoms with Crippen LogP contribution in [0.15, 0.2) is 4.99 Å². The Hall–Kier alpha value is -0.410. The summed E-state index contributed by atoms with van der Waals surface area (Å²) in [5.41, 5.74) is 0. The summed E-state index contributed by atoms with van der Waals surface area (Å²) in [4.78, 5) is 6.40. The topological polar surface area (TPSA) is 24.8 Å². The van der Waals surface area contributed by atoms with Gasteiger partial charge in [-0.05, 0) is 45.0 Å². The summed E-state index contributed by atoms with van der Waals surface area (Å²) in [7, 11) is 1.77. The normalized spacial score (nSPS) is 19.8. The van der Waals surface area contributed by atoms with Crippen molar-refractivity contribution in [2.45, 2.75) is 19.3 Å². The van der Waals surface area contributed by atoms with Gasteiger partial charge < -0.3 is 14.6 Å². The SMILES string of the molecule is C=NCCC1CCN(CCOC)CC1. The van der Waals surface area contributed by atoms with Gasteiger partial charge in [0, 0.05) is 20.2 Å². The first kappa shape index (κ1) is 11.7. The highest BCUT2D eigenvalue weighted by Crippen LogP contribution is 2.19. The fraction of sp³-hybridized carbons (Fsp3) is 0.909. The van der Waals surface area contributed by atoms with E-state index in [1.165, 1.54) is 32.4 Å². The van der Waals surface area contributed by atoms with Crippen molar-refractivity contribution >= 4 is 6.72 Å². The Bertz CT molecular complexity index is 153. The lowest BCUT2D eigenvalue weighted by Gasteiger charge is -2.31. The molecule has 14 heavy (non-hydrogen) atoms. The lowest BCUT2D eigenvalue weighted by molar-refractivity contribution is 0.119. The predicted octanol–water partition coefficient (Wildman–Crippen LogP) is 1.44. The molecule has 3 heteroatoms. The smallest absolute Gasteiger partial charge is 0.0589 e. The van der Waals surface area contributed by atoms with Crippen molar-refractivity contribution in [3.63, 3.8) is 0 Å². The molecule has 1 heterocycles. The summed E-state index contributed by atoms with van der Waals surface area (Å²) in [5.74, 6) is 0.874. The van der Waals surface area contributed by atoms with Gasteiger partial charge in [0.25, 0.3) is 0 Å². The van der Waals surface area contributed by atoms with E-state index in [1.807, 2.05) is 0 Å². The van der Waals surface area contributed by atoms with E-state index in [-0.39, 0.29) is 0 Å². The second-order valence-electron chi connectivity index (χ2n) is 4.01. The summed E-state index contributed by atoms with van der Waals surface area (Å²) >= 11 is 0. The van der Waals surface area contributed by atoms with Gasteiger partial charge in [-0.1, -0.05) is 0 Å². The Balaban J connectivity index is 2.08. The van der Waals surface area contributed by atoms with Crippen LogP contribution in [0.5, 0.6) is 0 Å². The third-order valence-corrected chi connectivity index (χ3v) is 3.01. The quantitative estimate of drug-likeness (QED) is 0.603. The molecule has 0 bridgehead atoms. The molecule has 3 nitrogen and oxygen atoms in total. The molecule has 0 saturated carbocycles. The highest BCUT2D eigenvalue weighted by molar-refractivity contribution is 5.23. The maximum atomic E-state index is 5.07. The lowest BCUT2D eigenvalue weighted by Crippen LogP contribution is -2.36. The average molecular weight is 198 g/mol. The van der Waals surface area contributed by atoms with E-state index in [9.17, 15) is 0 Å². The first-order valence-corrected chi connectivity index (χ1v) is 5.50. The molecule has 0 atom stereocenters. The molecular formula is C11H22N2O. The van der Waals surface area contributed by atoms with E-state index in [4.69, 9.17) is 4.74 Å². The number of likely N-dealkylation sites (tertiary alicyclic amines) is 1. The van der Waals surface area contributed by atoms with E-state index in [1.54, 1.807) is 7.11 Å². The Morgan fingerprint density at radius 2 is 2.14 bits per heavy atom. The first-order chi connectivity index (χ1) is 6.86. The molecule has 0 aliphatic carbocycles. The van der Waals surface area contributed by atoms with Crippen molar-refractivity contribution in [2.24, 2.45) is 10.9 Å². The molecular weight excluding hydrogens is 176 g/mol. The van der Waals surface area contributed by atoms with E-state index < -0.39 is 0 Å². The van der Waals surface area contributed by atoms with Gasteiger partial charge in [0.05, 0.1) is 6.61 Å². The van der Waals surface area contributed by atoms with Crippen molar-refractivity contribution in [2.75, 3.05) is 39.9 Å². The summed E-state index contributed by atoms with van der Waals surface area (Å²) in [6.45, 7) is 8.86. The van der Waals surface area contributed by atoms with Gasteiger partial charge in [0.1, 0.15) is 0 Å². The zero-order valence-corrected chi connectivity index (χ0v) is 9.24. The molecule has 1 aliphatic rings. The Morgan fingerprint density at radius 1 is 1.43 bits per heavy atom. The minimum Gasteiger partial charge on any atom is -0.383 e. The number of hydrogen-bond acceptors (Lipinski definition) is 3. The zero-order chi connectivity index (χ0) is 10.2. The molecule has 1 saturated heterocycles. The molecule has 1 aliphatic heterocycles. The maximum absolute atomic E-state index is 5.07. The van der Waals surface area contributed by atoms with Gasteiger partial charge >= 0.3 is 0 Å². The van der Waals surface area contributed by atoms with Crippen LogP contribution in [0, 0.1) is 5.92 Å². The molecule has 1 fully saturated rings. The minimum absolute atomic E-state index is 0.860. The second kappa shape index (κ2) is 6.96. The number of nitrogens with zero attached hydrogens (tertiary/aromatic N) is 2. The zero-order valence-electron chi connectivity index (χ0n) is 9.24. The fourth-order valence-corrected chi connectivity index (χ4v) is 1.99. The van der Waals surface area contributed by atoms with Gasteiger partial charge in [-0.25, -0.2) is 0 Å². The average Bonchev–Trinajstić information content (AvgIpc) is 2.25. The van der Waals surface area contributed by atoms with E-state index in [0.717, 1.165) is 25.6 Å². The maximum Gasteiger partial charge on any atom is 0.0589 e. The molecule has 0 unspecified atom stereocenters. The fourth-order valence-electron chi connectivity index (χ4n) is 1.99. The summed E-state index contributed by atoms with van der Waals surface area (Å²) in [6.07, 6.45) is 3.86. The summed E-state index contributed by atoms with van der Waals surface area (Å²) in [6, 6.07) is 0. The van der Waals surface area contributed by atoms with Crippen molar-refractivity contribution in [3.05, 3.63) is 0 Å². The van der Waals surface area contributed by atoms with Crippen LogP contribution in [-0.4, -0.2) is 51.5 Å². The van der Waals surface area contributed by atoms with Crippen LogP contribution >= 0.6 is 0 Å². The Kier molecular flexibility index (Phi) is 5.80. The van der Waals surface area contributed by atoms with E-state index in [2.05, 4.69) is 16.6 Å². The van der Waals surface area contributed by atoms with Gasteiger partial charge in [0.2, 0.25) is 0 Å². The van der Waals surface area contributed by atoms with Crippen molar-refractivity contribution in [3.8, 4) is 0 Å². The number of aliphatic imine (C=N–C) groups is 1. The largest absolute Gasteiger partial charge is 0.383 e. The number of hydrogen-bond donors (Lipinski definition) is 0. The molecule has 0 aromatic heterocycles. The van der Waals surface area contributed by atoms with Crippen LogP contribution in [-0.2, 0) is 4.74 Å². The van der Waals surface area contributed by atoms with Crippen LogP contribution in [0.25, 0.3) is 0 Å². The van der Waals surface area contributed by atoms with Crippen LogP contribution in [0.2, 0.25) is 0 Å². The van der Waals surface area contributed by atoms with E-state index in [0.29, 0.717) is 0 Å². The van der Waals surface area contributed by atoms with Crippen molar-refractivity contribution < 1.29 is 4.74 Å². The van der Waals surface area contributed by atoms with Crippen LogP contribution in [0.4, 0.5) is 0 Å². The van der Waals surface area contributed by atoms with Crippen molar-refractivity contribution in [1.82, 2.24) is 4.90 Å². The molecule has 0 spiro atoms. The molecule has 0 amide bonds. The van der Waals surface area contributed by atoms with Gasteiger partial charge in [0.15, 0.2) is 0 Å². The second-order valence-corrected chi connectivity index (χ2v) is 4.01. The highest BCUT2D eigenvalue weighted by Gasteiger charge is 2.17. The molecule has 1 rings (SSSR count). The number of ether oxygens (including phenoxy) is 1. The van der Waals surface area contributed by atoms with Crippen molar-refractivity contribution in [1.29, 1.82) is 0 Å². The standard InChI is InChI=1S/C11H22N2O/c1-12-6-3-11-4-7-13(8-5-11)9-10-14-2/h11H,1,3-10H2,2H3. The first-order valence-electron chi connectivity index (χ1n) is 5.50. The molecule has 0 aromatic rings. The third kappa shape index (κ3) is 4.20. The Labute approximate surface area is 87.2 Å². The van der Waals surface area contributed by atoms with Gasteiger partial charge in [-0.3, -0.25) is 0 Å². The van der Waals surface area contributed by atoms with Crippen LogP contribution < -0.4 is 0 Å². The minimum atomic E-state index is 0.860. The molecule has 0 N–H and O–H groups in total.